The van der Waals surface area contributed by atoms with Crippen LogP contribution >= 0.6 is 0 Å². The average molecular weight is 163 g/mol. The zero-order chi connectivity index (χ0) is 8.97. The summed E-state index contributed by atoms with van der Waals surface area (Å²) in [6.45, 7) is 6.39. The SMILES string of the molecule is CCCCc1ccc(C)c(C)n1. The van der Waals surface area contributed by atoms with E-state index in [1.54, 1.807) is 0 Å². The van der Waals surface area contributed by atoms with Crippen LogP contribution in [0.5, 0.6) is 0 Å². The van der Waals surface area contributed by atoms with Gasteiger partial charge in [0.15, 0.2) is 0 Å². The highest BCUT2D eigenvalue weighted by molar-refractivity contribution is 5.20. The molecule has 0 saturated heterocycles. The number of nitrogens with zero attached hydrogens (tertiary/aromatic N) is 1. The molecule has 12 heavy (non-hydrogen) atoms. The molecule has 0 fully saturated rings. The van der Waals surface area contributed by atoms with E-state index >= 15 is 0 Å². The highest BCUT2D eigenvalue weighted by Gasteiger charge is 1.96. The zero-order valence-electron chi connectivity index (χ0n) is 8.22. The minimum absolute atomic E-state index is 1.12. The molecule has 1 aromatic rings. The number of hydrogen-bond acceptors (Lipinski definition) is 1. The molecule has 0 amide bonds. The average Bonchev–Trinajstić information content (AvgIpc) is 2.07. The van der Waals surface area contributed by atoms with Crippen molar-refractivity contribution < 1.29 is 0 Å². The fraction of sp³-hybridized carbons (Fsp3) is 0.545. The quantitative estimate of drug-likeness (QED) is 0.667. The van der Waals surface area contributed by atoms with Gasteiger partial charge < -0.3 is 0 Å². The third kappa shape index (κ3) is 2.33. The van der Waals surface area contributed by atoms with Crippen LogP contribution in [0, 0.1) is 13.8 Å². The Morgan fingerprint density at radius 3 is 2.58 bits per heavy atom. The number of unbranched alkanes of at least 4 members (excludes halogenated alkanes) is 1. The largest absolute Gasteiger partial charge is 0.258 e. The van der Waals surface area contributed by atoms with Crippen molar-refractivity contribution in [3.63, 3.8) is 0 Å². The first-order valence-electron chi connectivity index (χ1n) is 4.67. The summed E-state index contributed by atoms with van der Waals surface area (Å²) in [5.74, 6) is 0. The molecule has 66 valence electrons. The lowest BCUT2D eigenvalue weighted by atomic mass is 10.1. The van der Waals surface area contributed by atoms with Gasteiger partial charge in [-0.05, 0) is 38.3 Å². The van der Waals surface area contributed by atoms with E-state index in [9.17, 15) is 0 Å². The Labute approximate surface area is 74.8 Å². The number of rotatable bonds is 3. The molecule has 0 unspecified atom stereocenters. The van der Waals surface area contributed by atoms with Gasteiger partial charge in [0.2, 0.25) is 0 Å². The number of aryl methyl sites for hydroxylation is 3. The molecule has 0 bridgehead atoms. The summed E-state index contributed by atoms with van der Waals surface area (Å²) in [6, 6.07) is 4.30. The van der Waals surface area contributed by atoms with Crippen molar-refractivity contribution in [2.75, 3.05) is 0 Å². The summed E-state index contributed by atoms with van der Waals surface area (Å²) in [7, 11) is 0. The smallest absolute Gasteiger partial charge is 0.0407 e. The summed E-state index contributed by atoms with van der Waals surface area (Å²) < 4.78 is 0. The van der Waals surface area contributed by atoms with E-state index < -0.39 is 0 Å². The van der Waals surface area contributed by atoms with Gasteiger partial charge in [-0.25, -0.2) is 0 Å². The van der Waals surface area contributed by atoms with E-state index in [4.69, 9.17) is 0 Å². The molecule has 0 aliphatic carbocycles. The van der Waals surface area contributed by atoms with Crippen LogP contribution < -0.4 is 0 Å². The number of aromatic nitrogens is 1. The molecule has 1 heteroatoms. The third-order valence-corrected chi connectivity index (χ3v) is 2.19. The maximum absolute atomic E-state index is 4.51. The zero-order valence-corrected chi connectivity index (χ0v) is 8.22. The van der Waals surface area contributed by atoms with Gasteiger partial charge >= 0.3 is 0 Å². The van der Waals surface area contributed by atoms with Crippen LogP contribution in [0.25, 0.3) is 0 Å². The van der Waals surface area contributed by atoms with Crippen LogP contribution in [0.1, 0.15) is 36.7 Å². The molecule has 1 nitrogen and oxygen atoms in total. The van der Waals surface area contributed by atoms with Crippen molar-refractivity contribution in [2.45, 2.75) is 40.0 Å². The van der Waals surface area contributed by atoms with Gasteiger partial charge in [0.1, 0.15) is 0 Å². The van der Waals surface area contributed by atoms with Crippen molar-refractivity contribution in [3.05, 3.63) is 29.1 Å². The Morgan fingerprint density at radius 2 is 2.00 bits per heavy atom. The van der Waals surface area contributed by atoms with Gasteiger partial charge in [-0.2, -0.15) is 0 Å². The molecular formula is C11H17N. The van der Waals surface area contributed by atoms with Crippen molar-refractivity contribution in [3.8, 4) is 0 Å². The van der Waals surface area contributed by atoms with E-state index in [1.165, 1.54) is 29.8 Å². The summed E-state index contributed by atoms with van der Waals surface area (Å²) >= 11 is 0. The molecule has 1 rings (SSSR count). The van der Waals surface area contributed by atoms with Crippen LogP contribution in [0.2, 0.25) is 0 Å². The molecule has 1 heterocycles. The van der Waals surface area contributed by atoms with Gasteiger partial charge in [0.25, 0.3) is 0 Å². The monoisotopic (exact) mass is 163 g/mol. The minimum Gasteiger partial charge on any atom is -0.258 e. The van der Waals surface area contributed by atoms with E-state index in [0.717, 1.165) is 6.42 Å². The molecule has 0 N–H and O–H groups in total. The van der Waals surface area contributed by atoms with E-state index in [2.05, 4.69) is 37.9 Å². The van der Waals surface area contributed by atoms with Crippen LogP contribution in [0.4, 0.5) is 0 Å². The topological polar surface area (TPSA) is 12.9 Å². The van der Waals surface area contributed by atoms with Gasteiger partial charge in [-0.3, -0.25) is 4.98 Å². The summed E-state index contributed by atoms with van der Waals surface area (Å²) in [4.78, 5) is 4.51. The molecule has 0 aliphatic heterocycles. The first-order valence-corrected chi connectivity index (χ1v) is 4.67. The van der Waals surface area contributed by atoms with Crippen molar-refractivity contribution >= 4 is 0 Å². The van der Waals surface area contributed by atoms with Crippen LogP contribution in [0.3, 0.4) is 0 Å². The molecule has 1 aromatic heterocycles. The fourth-order valence-corrected chi connectivity index (χ4v) is 1.18. The van der Waals surface area contributed by atoms with E-state index in [1.807, 2.05) is 0 Å². The van der Waals surface area contributed by atoms with Gasteiger partial charge in [0.05, 0.1) is 0 Å². The molecule has 0 atom stereocenters. The highest BCUT2D eigenvalue weighted by Crippen LogP contribution is 2.07. The Hall–Kier alpha value is -0.850. The second-order valence-corrected chi connectivity index (χ2v) is 3.31. The minimum atomic E-state index is 1.12. The molecular weight excluding hydrogens is 146 g/mol. The first kappa shape index (κ1) is 9.24. The van der Waals surface area contributed by atoms with Gasteiger partial charge in [-0.1, -0.05) is 19.4 Å². The number of pyridine rings is 1. The van der Waals surface area contributed by atoms with Crippen molar-refractivity contribution in [1.29, 1.82) is 0 Å². The van der Waals surface area contributed by atoms with Crippen LogP contribution in [-0.2, 0) is 6.42 Å². The Balaban J connectivity index is 2.69. The van der Waals surface area contributed by atoms with Crippen LogP contribution in [0.15, 0.2) is 12.1 Å². The lowest BCUT2D eigenvalue weighted by molar-refractivity contribution is 0.772. The number of hydrogen-bond donors (Lipinski definition) is 0. The Kier molecular flexibility index (Phi) is 3.27. The molecule has 0 radical (unpaired) electrons. The molecule has 0 aromatic carbocycles. The van der Waals surface area contributed by atoms with E-state index in [-0.39, 0.29) is 0 Å². The Morgan fingerprint density at radius 1 is 1.25 bits per heavy atom. The molecule has 0 aliphatic rings. The summed E-state index contributed by atoms with van der Waals surface area (Å²) in [6.07, 6.45) is 3.61. The second-order valence-electron chi connectivity index (χ2n) is 3.31. The van der Waals surface area contributed by atoms with Gasteiger partial charge in [-0.15, -0.1) is 0 Å². The summed E-state index contributed by atoms with van der Waals surface area (Å²) in [5.41, 5.74) is 3.69. The Bertz CT molecular complexity index is 253. The lowest BCUT2D eigenvalue weighted by Gasteiger charge is -2.02. The lowest BCUT2D eigenvalue weighted by Crippen LogP contribution is -1.94. The maximum Gasteiger partial charge on any atom is 0.0407 e. The van der Waals surface area contributed by atoms with Crippen LogP contribution in [-0.4, -0.2) is 4.98 Å². The van der Waals surface area contributed by atoms with Gasteiger partial charge in [0, 0.05) is 11.4 Å². The first-order chi connectivity index (χ1) is 5.74. The van der Waals surface area contributed by atoms with E-state index in [0.29, 0.717) is 0 Å². The molecule has 0 spiro atoms. The summed E-state index contributed by atoms with van der Waals surface area (Å²) in [5, 5.41) is 0. The van der Waals surface area contributed by atoms with Crippen molar-refractivity contribution in [1.82, 2.24) is 4.98 Å². The third-order valence-electron chi connectivity index (χ3n) is 2.19. The fourth-order valence-electron chi connectivity index (χ4n) is 1.18. The highest BCUT2D eigenvalue weighted by atomic mass is 14.7. The molecule has 0 saturated carbocycles. The normalized spacial score (nSPS) is 10.2. The van der Waals surface area contributed by atoms with Crippen molar-refractivity contribution in [2.24, 2.45) is 0 Å². The maximum atomic E-state index is 4.51. The second kappa shape index (κ2) is 4.24. The predicted molar refractivity (Wildman–Crippen MR) is 52.3 cm³/mol. The predicted octanol–water partition coefficient (Wildman–Crippen LogP) is 3.04. The standard InChI is InChI=1S/C11H17N/c1-4-5-6-11-8-7-9(2)10(3)12-11/h7-8H,4-6H2,1-3H3.